The Morgan fingerprint density at radius 2 is 2.04 bits per heavy atom. The Morgan fingerprint density at radius 1 is 1.12 bits per heavy atom. The van der Waals surface area contributed by atoms with Gasteiger partial charge in [0.15, 0.2) is 7.98 Å². The van der Waals surface area contributed by atoms with E-state index in [0.717, 1.165) is 42.4 Å². The van der Waals surface area contributed by atoms with Gasteiger partial charge in [-0.25, -0.2) is 4.79 Å². The molecular formula is C19H29BN2O2. The van der Waals surface area contributed by atoms with Crippen LogP contribution in [0.1, 0.15) is 57.8 Å². The second-order valence-corrected chi connectivity index (χ2v) is 8.25. The number of hydrogen-bond donors (Lipinski definition) is 2. The van der Waals surface area contributed by atoms with E-state index in [2.05, 4.69) is 16.6 Å². The van der Waals surface area contributed by atoms with E-state index in [4.69, 9.17) is 12.7 Å². The molecule has 0 saturated heterocycles. The van der Waals surface area contributed by atoms with Crippen molar-refractivity contribution in [2.45, 2.75) is 63.9 Å². The number of ether oxygens (including phenoxy) is 1. The topological polar surface area (TPSA) is 50.4 Å². The van der Waals surface area contributed by atoms with Crippen LogP contribution in [0.3, 0.4) is 0 Å². The van der Waals surface area contributed by atoms with Gasteiger partial charge in [0.05, 0.1) is 6.67 Å². The van der Waals surface area contributed by atoms with Crippen LogP contribution in [-0.4, -0.2) is 26.8 Å². The second-order valence-electron chi connectivity index (χ2n) is 8.25. The molecule has 0 aromatic heterocycles. The summed E-state index contributed by atoms with van der Waals surface area (Å²) < 4.78 is 5.56. The maximum atomic E-state index is 11.7. The van der Waals surface area contributed by atoms with Crippen LogP contribution in [0.5, 0.6) is 0 Å². The summed E-state index contributed by atoms with van der Waals surface area (Å²) in [4.78, 5) is 11.7. The maximum absolute atomic E-state index is 11.7. The first kappa shape index (κ1) is 16.5. The summed E-state index contributed by atoms with van der Waals surface area (Å²) in [7, 11) is 5.17. The van der Waals surface area contributed by atoms with E-state index < -0.39 is 0 Å². The normalized spacial score (nSPS) is 40.8. The van der Waals surface area contributed by atoms with Crippen molar-refractivity contribution in [2.75, 3.05) is 6.67 Å². The smallest absolute Gasteiger partial charge is 0.408 e. The highest BCUT2D eigenvalue weighted by Gasteiger charge is 2.47. The highest BCUT2D eigenvalue weighted by Crippen LogP contribution is 2.56. The molecule has 1 amide bonds. The van der Waals surface area contributed by atoms with Crippen LogP contribution in [0, 0.1) is 29.6 Å². The first-order valence-corrected chi connectivity index (χ1v) is 9.83. The summed E-state index contributed by atoms with van der Waals surface area (Å²) >= 11 is 0. The zero-order valence-corrected chi connectivity index (χ0v) is 14.5. The number of carbonyl (C=O) groups excluding carboxylic acids is 1. The monoisotopic (exact) mass is 328 g/mol. The van der Waals surface area contributed by atoms with Gasteiger partial charge in [0, 0.05) is 6.42 Å². The third kappa shape index (κ3) is 3.12. The van der Waals surface area contributed by atoms with Gasteiger partial charge < -0.3 is 15.3 Å². The lowest BCUT2D eigenvalue weighted by molar-refractivity contribution is 0.0344. The maximum Gasteiger partial charge on any atom is 0.408 e. The predicted molar refractivity (Wildman–Crippen MR) is 94.2 cm³/mol. The summed E-state index contributed by atoms with van der Waals surface area (Å²) in [6.07, 6.45) is 13.9. The first-order valence-electron chi connectivity index (χ1n) is 9.83. The van der Waals surface area contributed by atoms with Gasteiger partial charge in [0.25, 0.3) is 0 Å². The summed E-state index contributed by atoms with van der Waals surface area (Å²) in [5.41, 5.74) is 1.58. The molecule has 0 aromatic rings. The van der Waals surface area contributed by atoms with Crippen LogP contribution in [0.4, 0.5) is 4.79 Å². The van der Waals surface area contributed by atoms with Gasteiger partial charge in [0.2, 0.25) is 0 Å². The van der Waals surface area contributed by atoms with Crippen LogP contribution < -0.4 is 10.5 Å². The van der Waals surface area contributed by atoms with Crippen molar-refractivity contribution in [1.82, 2.24) is 10.5 Å². The van der Waals surface area contributed by atoms with Gasteiger partial charge in [-0.05, 0) is 68.1 Å². The Hall–Kier alpha value is -0.965. The van der Waals surface area contributed by atoms with Crippen LogP contribution >= 0.6 is 0 Å². The van der Waals surface area contributed by atoms with Gasteiger partial charge >= 0.3 is 6.09 Å². The molecule has 0 spiro atoms. The molecule has 0 aromatic carbocycles. The molecule has 4 rings (SSSR count). The number of nitrogens with one attached hydrogen (secondary N) is 2. The van der Waals surface area contributed by atoms with Gasteiger partial charge in [-0.2, -0.15) is 0 Å². The molecule has 130 valence electrons. The fraction of sp³-hybridized carbons (Fsp3) is 0.842. The van der Waals surface area contributed by atoms with Crippen LogP contribution in [0.15, 0.2) is 11.6 Å². The summed E-state index contributed by atoms with van der Waals surface area (Å²) in [5.74, 6) is 4.64. The van der Waals surface area contributed by atoms with E-state index >= 15 is 0 Å². The fourth-order valence-electron chi connectivity index (χ4n) is 6.27. The molecule has 6 unspecified atom stereocenters. The van der Waals surface area contributed by atoms with Crippen LogP contribution in [0.2, 0.25) is 0 Å². The van der Waals surface area contributed by atoms with Crippen molar-refractivity contribution < 1.29 is 9.53 Å². The molecule has 4 aliphatic rings. The minimum atomic E-state index is -0.364. The Labute approximate surface area is 146 Å². The van der Waals surface area contributed by atoms with E-state index in [1.54, 1.807) is 5.57 Å². The highest BCUT2D eigenvalue weighted by molar-refractivity contribution is 6.04. The fourth-order valence-corrected chi connectivity index (χ4v) is 6.27. The molecule has 2 N–H and O–H groups in total. The molecule has 0 heterocycles. The van der Waals surface area contributed by atoms with Gasteiger partial charge in [0.1, 0.15) is 6.10 Å². The molecule has 6 atom stereocenters. The van der Waals surface area contributed by atoms with Crippen molar-refractivity contribution in [3.8, 4) is 0 Å². The number of allylic oxidation sites excluding steroid dienone is 1. The third-order valence-electron chi connectivity index (χ3n) is 7.21. The lowest BCUT2D eigenvalue weighted by Gasteiger charge is -2.49. The van der Waals surface area contributed by atoms with Crippen molar-refractivity contribution in [3.63, 3.8) is 0 Å². The molecule has 24 heavy (non-hydrogen) atoms. The highest BCUT2D eigenvalue weighted by atomic mass is 16.6. The molecule has 4 nitrogen and oxygen atoms in total. The second kappa shape index (κ2) is 7.11. The van der Waals surface area contributed by atoms with Gasteiger partial charge in [-0.15, -0.1) is 0 Å². The summed E-state index contributed by atoms with van der Waals surface area (Å²) in [5, 5.41) is 5.01. The average Bonchev–Trinajstić information content (AvgIpc) is 3.08. The van der Waals surface area contributed by atoms with Gasteiger partial charge in [-0.3, -0.25) is 0 Å². The van der Waals surface area contributed by atoms with Crippen LogP contribution in [-0.2, 0) is 4.74 Å². The average molecular weight is 328 g/mol. The SMILES string of the molecule is [B]NCNC(=O)OC1CCC2C(=CCC3C4CCCC4CCC23)C1. The lowest BCUT2D eigenvalue weighted by Crippen LogP contribution is -2.42. The Balaban J connectivity index is 1.38. The molecule has 0 bridgehead atoms. The standard InChI is InChI=1S/C19H29BN2O2/c20-22-11-21-19(23)24-14-6-9-16-13(10-14)5-8-17-15-3-1-2-12(15)4-7-18(16)17/h5,12,14-18,22H,1-4,6-11H2,(H,21,23). The van der Waals surface area contributed by atoms with Crippen LogP contribution in [0.25, 0.3) is 0 Å². The number of hydrogen-bond acceptors (Lipinski definition) is 3. The van der Waals surface area contributed by atoms with E-state index in [1.165, 1.54) is 44.9 Å². The van der Waals surface area contributed by atoms with Crippen molar-refractivity contribution in [3.05, 3.63) is 11.6 Å². The molecule has 3 saturated carbocycles. The third-order valence-corrected chi connectivity index (χ3v) is 7.21. The van der Waals surface area contributed by atoms with E-state index in [-0.39, 0.29) is 18.9 Å². The quantitative estimate of drug-likeness (QED) is 0.475. The van der Waals surface area contributed by atoms with Crippen molar-refractivity contribution in [2.24, 2.45) is 29.6 Å². The summed E-state index contributed by atoms with van der Waals surface area (Å²) in [6, 6.07) is 0. The van der Waals surface area contributed by atoms with Gasteiger partial charge in [-0.1, -0.05) is 24.5 Å². The molecule has 5 heteroatoms. The minimum Gasteiger partial charge on any atom is -0.446 e. The Kier molecular flexibility index (Phi) is 4.89. The zero-order chi connectivity index (χ0) is 16.5. The first-order chi connectivity index (χ1) is 11.8. The van der Waals surface area contributed by atoms with Crippen molar-refractivity contribution in [1.29, 1.82) is 0 Å². The van der Waals surface area contributed by atoms with Crippen molar-refractivity contribution >= 4 is 14.1 Å². The number of carbonyl (C=O) groups is 1. The number of rotatable bonds is 3. The number of amides is 1. The lowest BCUT2D eigenvalue weighted by atomic mass is 9.57. The number of alkyl carbamates (subject to hydrolysis) is 1. The van der Waals surface area contributed by atoms with E-state index in [9.17, 15) is 4.79 Å². The molecule has 2 radical (unpaired) electrons. The number of fused-ring (bicyclic) bond motifs is 5. The summed E-state index contributed by atoms with van der Waals surface area (Å²) in [6.45, 7) is 0.239. The largest absolute Gasteiger partial charge is 0.446 e. The Morgan fingerprint density at radius 3 is 2.92 bits per heavy atom. The molecule has 0 aliphatic heterocycles. The molecule has 4 aliphatic carbocycles. The van der Waals surface area contributed by atoms with E-state index in [0.29, 0.717) is 0 Å². The zero-order valence-electron chi connectivity index (χ0n) is 14.5. The van der Waals surface area contributed by atoms with E-state index in [1.807, 2.05) is 0 Å². The molecular weight excluding hydrogens is 299 g/mol. The Bertz CT molecular complexity index is 510. The minimum absolute atomic E-state index is 0.0321. The molecule has 3 fully saturated rings. The predicted octanol–water partition coefficient (Wildman–Crippen LogP) is 3.28.